The number of benzene rings is 4. The van der Waals surface area contributed by atoms with Crippen LogP contribution in [-0.4, -0.2) is 66.8 Å². The first-order valence-electron chi connectivity index (χ1n) is 18.4. The van der Waals surface area contributed by atoms with Crippen molar-refractivity contribution >= 4 is 28.9 Å². The molecule has 0 radical (unpaired) electrons. The Morgan fingerprint density at radius 3 is 2.24 bits per heavy atom. The van der Waals surface area contributed by atoms with Crippen molar-refractivity contribution in [3.63, 3.8) is 0 Å². The summed E-state index contributed by atoms with van der Waals surface area (Å²) in [6, 6.07) is 26.6. The highest BCUT2D eigenvalue weighted by molar-refractivity contribution is 7.92. The standard InChI is InChI=1S/C42H46FN5O5S/c1-4-6-22-46(23-7-5-2)42(51)39-24-29(3)48(44-39)40-21-14-33(26-38(40)41(50)47-27-31-11-9-8-10-30(31)25-34(47)28-49)45-54(52)37-19-17-36(18-20-37)53-35-15-12-32(43)13-16-35/h8-21,24,26,34,45,49H,4-7,22-23,25,27-28H2,1-3H3/t34-,54?/m0/s1. The summed E-state index contributed by atoms with van der Waals surface area (Å²) in [6.45, 7) is 7.41. The van der Waals surface area contributed by atoms with Crippen molar-refractivity contribution in [2.24, 2.45) is 0 Å². The summed E-state index contributed by atoms with van der Waals surface area (Å²) in [5.41, 5.74) is 4.22. The molecule has 0 spiro atoms. The predicted octanol–water partition coefficient (Wildman–Crippen LogP) is 7.85. The normalized spacial score (nSPS) is 14.3. The van der Waals surface area contributed by atoms with E-state index in [1.807, 2.05) is 36.1 Å². The second-order valence-corrected chi connectivity index (χ2v) is 14.7. The Morgan fingerprint density at radius 1 is 0.944 bits per heavy atom. The molecule has 2 heterocycles. The van der Waals surface area contributed by atoms with Gasteiger partial charge >= 0.3 is 0 Å². The van der Waals surface area contributed by atoms with Crippen molar-refractivity contribution < 1.29 is 28.4 Å². The minimum absolute atomic E-state index is 0.151. The predicted molar refractivity (Wildman–Crippen MR) is 208 cm³/mol. The first kappa shape index (κ1) is 38.6. The van der Waals surface area contributed by atoms with Gasteiger partial charge in [0.2, 0.25) is 0 Å². The van der Waals surface area contributed by atoms with Gasteiger partial charge in [-0.2, -0.15) is 5.10 Å². The number of aliphatic hydroxyl groups is 1. The zero-order chi connectivity index (χ0) is 38.2. The van der Waals surface area contributed by atoms with Crippen molar-refractivity contribution in [2.45, 2.75) is 70.4 Å². The third-order valence-electron chi connectivity index (χ3n) is 9.54. The first-order valence-corrected chi connectivity index (χ1v) is 19.5. The van der Waals surface area contributed by atoms with Crippen LogP contribution >= 0.6 is 0 Å². The van der Waals surface area contributed by atoms with Crippen LogP contribution in [0.1, 0.15) is 77.2 Å². The van der Waals surface area contributed by atoms with E-state index in [9.17, 15) is 23.6 Å². The number of carbonyl (C=O) groups is 2. The maximum atomic E-state index is 14.6. The molecule has 1 aliphatic heterocycles. The van der Waals surface area contributed by atoms with E-state index in [0.717, 1.165) is 36.8 Å². The summed E-state index contributed by atoms with van der Waals surface area (Å²) in [5.74, 6) is 0.119. The fraction of sp³-hybridized carbons (Fsp3) is 0.310. The Balaban J connectivity index is 1.31. The fourth-order valence-corrected chi connectivity index (χ4v) is 7.37. The summed E-state index contributed by atoms with van der Waals surface area (Å²) in [6.07, 6.45) is 4.21. The summed E-state index contributed by atoms with van der Waals surface area (Å²) in [7, 11) is 0. The first-order chi connectivity index (χ1) is 26.2. The number of amides is 2. The highest BCUT2D eigenvalue weighted by atomic mass is 32.2. The zero-order valence-electron chi connectivity index (χ0n) is 30.8. The van der Waals surface area contributed by atoms with Gasteiger partial charge in [0.25, 0.3) is 11.8 Å². The molecule has 0 saturated heterocycles. The van der Waals surface area contributed by atoms with Crippen LogP contribution < -0.4 is 9.46 Å². The molecule has 4 aromatic carbocycles. The number of hydrogen-bond donors (Lipinski definition) is 2. The minimum Gasteiger partial charge on any atom is -0.588 e. The quantitative estimate of drug-likeness (QED) is 0.105. The molecular weight excluding hydrogens is 706 g/mol. The number of anilines is 1. The highest BCUT2D eigenvalue weighted by Gasteiger charge is 2.32. The number of fused-ring (bicyclic) bond motifs is 1. The van der Waals surface area contributed by atoms with Gasteiger partial charge in [-0.15, -0.1) is 0 Å². The molecule has 0 saturated carbocycles. The van der Waals surface area contributed by atoms with Crippen LogP contribution in [0.3, 0.4) is 0 Å². The van der Waals surface area contributed by atoms with Crippen molar-refractivity contribution in [1.29, 1.82) is 0 Å². The summed E-state index contributed by atoms with van der Waals surface area (Å²) >= 11 is -1.72. The lowest BCUT2D eigenvalue weighted by Gasteiger charge is -2.36. The van der Waals surface area contributed by atoms with Crippen LogP contribution in [-0.2, 0) is 24.3 Å². The van der Waals surface area contributed by atoms with Crippen LogP contribution in [0.2, 0.25) is 0 Å². The molecule has 2 atom stereocenters. The molecular formula is C42H46FN5O5S. The number of aryl methyl sites for hydroxylation is 1. The van der Waals surface area contributed by atoms with Crippen molar-refractivity contribution in [3.05, 3.63) is 131 Å². The number of rotatable bonds is 15. The Bertz CT molecular complexity index is 2050. The molecule has 10 nitrogen and oxygen atoms in total. The average molecular weight is 752 g/mol. The Kier molecular flexibility index (Phi) is 12.7. The number of nitrogens with zero attached hydrogens (tertiary/aromatic N) is 4. The Hall–Kier alpha value is -5.17. The second kappa shape index (κ2) is 17.8. The summed E-state index contributed by atoms with van der Waals surface area (Å²) in [4.78, 5) is 32.4. The highest BCUT2D eigenvalue weighted by Crippen LogP contribution is 2.30. The molecule has 12 heteroatoms. The van der Waals surface area contributed by atoms with E-state index in [0.29, 0.717) is 65.2 Å². The van der Waals surface area contributed by atoms with Crippen molar-refractivity contribution in [1.82, 2.24) is 19.6 Å². The lowest BCUT2D eigenvalue weighted by atomic mass is 9.93. The number of carbonyl (C=O) groups excluding carboxylic acids is 2. The molecule has 1 aromatic heterocycles. The van der Waals surface area contributed by atoms with Gasteiger partial charge in [-0.05, 0) is 110 Å². The number of nitrogens with one attached hydrogen (secondary N) is 1. The molecule has 0 bridgehead atoms. The SMILES string of the molecule is CCCCN(CCCC)C(=O)c1cc(C)n(-c2ccc(N[S+]([O-])c3ccc(Oc4ccc(F)cc4)cc3)cc2C(=O)N2Cc3ccccc3C[C@H]2CO)n1. The molecule has 54 heavy (non-hydrogen) atoms. The van der Waals surface area contributed by atoms with E-state index >= 15 is 0 Å². The average Bonchev–Trinajstić information content (AvgIpc) is 3.58. The minimum atomic E-state index is -1.72. The lowest BCUT2D eigenvalue weighted by Crippen LogP contribution is -2.46. The van der Waals surface area contributed by atoms with E-state index in [1.165, 1.54) is 24.3 Å². The largest absolute Gasteiger partial charge is 0.588 e. The van der Waals surface area contributed by atoms with E-state index in [1.54, 1.807) is 58.1 Å². The molecule has 282 valence electrons. The van der Waals surface area contributed by atoms with Gasteiger partial charge in [-0.1, -0.05) is 51.0 Å². The maximum Gasteiger partial charge on any atom is 0.274 e. The van der Waals surface area contributed by atoms with E-state index < -0.39 is 17.4 Å². The van der Waals surface area contributed by atoms with Crippen LogP contribution in [0.5, 0.6) is 11.5 Å². The maximum absolute atomic E-state index is 14.6. The lowest BCUT2D eigenvalue weighted by molar-refractivity contribution is 0.0544. The topological polar surface area (TPSA) is 123 Å². The molecule has 2 amide bonds. The molecule has 2 N–H and O–H groups in total. The van der Waals surface area contributed by atoms with Gasteiger partial charge in [-0.25, -0.2) is 13.8 Å². The number of ether oxygens (including phenoxy) is 1. The van der Waals surface area contributed by atoms with E-state index in [-0.39, 0.29) is 29.8 Å². The van der Waals surface area contributed by atoms with E-state index in [4.69, 9.17) is 9.84 Å². The molecule has 6 rings (SSSR count). The van der Waals surface area contributed by atoms with Crippen molar-refractivity contribution in [2.75, 3.05) is 24.4 Å². The van der Waals surface area contributed by atoms with Gasteiger partial charge in [0.05, 0.1) is 29.6 Å². The van der Waals surface area contributed by atoms with Crippen molar-refractivity contribution in [3.8, 4) is 17.2 Å². The third-order valence-corrected chi connectivity index (χ3v) is 10.7. The molecule has 5 aromatic rings. The van der Waals surface area contributed by atoms with Crippen LogP contribution in [0, 0.1) is 12.7 Å². The second-order valence-electron chi connectivity index (χ2n) is 13.5. The van der Waals surface area contributed by atoms with Gasteiger partial charge in [0.1, 0.15) is 28.7 Å². The molecule has 0 aliphatic carbocycles. The third kappa shape index (κ3) is 8.95. The van der Waals surface area contributed by atoms with Crippen LogP contribution in [0.25, 0.3) is 5.69 Å². The summed E-state index contributed by atoms with van der Waals surface area (Å²) in [5, 5.41) is 15.2. The van der Waals surface area contributed by atoms with Gasteiger partial charge in [0.15, 0.2) is 10.6 Å². The number of hydrogen-bond acceptors (Lipinski definition) is 7. The molecule has 0 fully saturated rings. The summed E-state index contributed by atoms with van der Waals surface area (Å²) < 4.78 is 37.3. The monoisotopic (exact) mass is 751 g/mol. The fourth-order valence-electron chi connectivity index (χ4n) is 6.53. The Labute approximate surface area is 318 Å². The van der Waals surface area contributed by atoms with Gasteiger partial charge in [-0.3, -0.25) is 9.59 Å². The number of halogens is 1. The smallest absolute Gasteiger partial charge is 0.274 e. The molecule has 1 aliphatic rings. The van der Waals surface area contributed by atoms with Gasteiger partial charge in [0, 0.05) is 25.3 Å². The van der Waals surface area contributed by atoms with Crippen LogP contribution in [0.15, 0.2) is 102 Å². The van der Waals surface area contributed by atoms with E-state index in [2.05, 4.69) is 18.6 Å². The molecule has 1 unspecified atom stereocenters. The number of aliphatic hydroxyl groups excluding tert-OH is 1. The van der Waals surface area contributed by atoms with Gasteiger partial charge < -0.3 is 24.2 Å². The number of unbranched alkanes of at least 4 members (excludes halogenated alkanes) is 2. The number of aromatic nitrogens is 2. The Morgan fingerprint density at radius 2 is 1.59 bits per heavy atom. The zero-order valence-corrected chi connectivity index (χ0v) is 31.7. The van der Waals surface area contributed by atoms with Crippen LogP contribution in [0.4, 0.5) is 10.1 Å².